The molecule has 1 heterocycles. The molecule has 4 nitrogen and oxygen atoms in total. The standard InChI is InChI=1S/C22H22F3NO3/c1-21(2)18(14-16-11-7-4-8-12-16)26(20(28)29-21)19(27)17(22(23,24)25)13-15-9-5-3-6-10-15/h3-12,17-18H,13-14H2,1-2H3/t17-,18-/m0/s1. The van der Waals surface area contributed by atoms with E-state index in [9.17, 15) is 22.8 Å². The van der Waals surface area contributed by atoms with Gasteiger partial charge in [-0.2, -0.15) is 13.2 Å². The number of nitrogens with zero attached hydrogens (tertiary/aromatic N) is 1. The van der Waals surface area contributed by atoms with Gasteiger partial charge in [-0.1, -0.05) is 60.7 Å². The summed E-state index contributed by atoms with van der Waals surface area (Å²) in [4.78, 5) is 26.1. The zero-order chi connectivity index (χ0) is 21.2. The number of carbonyl (C=O) groups excluding carboxylic acids is 2. The number of benzene rings is 2. The number of hydrogen-bond donors (Lipinski definition) is 0. The Bertz CT molecular complexity index is 866. The van der Waals surface area contributed by atoms with Crippen LogP contribution in [0.15, 0.2) is 60.7 Å². The molecule has 7 heteroatoms. The summed E-state index contributed by atoms with van der Waals surface area (Å²) in [5.41, 5.74) is 0.0637. The van der Waals surface area contributed by atoms with Crippen molar-refractivity contribution < 1.29 is 27.5 Å². The zero-order valence-electron chi connectivity index (χ0n) is 16.1. The van der Waals surface area contributed by atoms with Crippen LogP contribution >= 0.6 is 0 Å². The summed E-state index contributed by atoms with van der Waals surface area (Å²) in [6.07, 6.45) is -6.16. The molecule has 1 saturated heterocycles. The molecule has 2 amide bonds. The maximum Gasteiger partial charge on any atom is 0.417 e. The molecule has 0 unspecified atom stereocenters. The van der Waals surface area contributed by atoms with Crippen molar-refractivity contribution in [1.82, 2.24) is 4.90 Å². The smallest absolute Gasteiger partial charge is 0.417 e. The van der Waals surface area contributed by atoms with Crippen molar-refractivity contribution in [3.8, 4) is 0 Å². The van der Waals surface area contributed by atoms with Crippen molar-refractivity contribution in [3.63, 3.8) is 0 Å². The molecule has 0 bridgehead atoms. The Balaban J connectivity index is 1.92. The monoisotopic (exact) mass is 405 g/mol. The summed E-state index contributed by atoms with van der Waals surface area (Å²) >= 11 is 0. The average Bonchev–Trinajstić information content (AvgIpc) is 2.88. The topological polar surface area (TPSA) is 46.6 Å². The Kier molecular flexibility index (Phi) is 5.68. The van der Waals surface area contributed by atoms with E-state index in [0.717, 1.165) is 5.56 Å². The van der Waals surface area contributed by atoms with E-state index in [1.807, 2.05) is 6.07 Å². The van der Waals surface area contributed by atoms with Gasteiger partial charge in [0.15, 0.2) is 0 Å². The highest BCUT2D eigenvalue weighted by molar-refractivity contribution is 5.96. The largest absolute Gasteiger partial charge is 0.441 e. The van der Waals surface area contributed by atoms with Crippen molar-refractivity contribution in [2.45, 2.75) is 44.5 Å². The number of alkyl halides is 3. The first-order chi connectivity index (χ1) is 13.6. The Morgan fingerprint density at radius 3 is 2.07 bits per heavy atom. The number of cyclic esters (lactones) is 1. The molecular formula is C22H22F3NO3. The number of rotatable bonds is 5. The lowest BCUT2D eigenvalue weighted by molar-refractivity contribution is -0.187. The summed E-state index contributed by atoms with van der Waals surface area (Å²) in [6, 6.07) is 16.1. The van der Waals surface area contributed by atoms with Gasteiger partial charge < -0.3 is 4.74 Å². The maximum atomic E-state index is 13.8. The van der Waals surface area contributed by atoms with Crippen molar-refractivity contribution >= 4 is 12.0 Å². The highest BCUT2D eigenvalue weighted by Crippen LogP contribution is 2.37. The fourth-order valence-corrected chi connectivity index (χ4v) is 3.56. The van der Waals surface area contributed by atoms with Crippen LogP contribution < -0.4 is 0 Å². The zero-order valence-corrected chi connectivity index (χ0v) is 16.1. The molecule has 0 radical (unpaired) electrons. The molecule has 3 rings (SSSR count). The second-order valence-corrected chi connectivity index (χ2v) is 7.67. The summed E-state index contributed by atoms with van der Waals surface area (Å²) in [6.45, 7) is 3.21. The summed E-state index contributed by atoms with van der Waals surface area (Å²) in [5.74, 6) is -3.61. The molecule has 1 aliphatic heterocycles. The quantitative estimate of drug-likeness (QED) is 0.720. The average molecular weight is 405 g/mol. The Labute approximate surface area is 167 Å². The van der Waals surface area contributed by atoms with Crippen LogP contribution in [0.1, 0.15) is 25.0 Å². The van der Waals surface area contributed by atoms with Gasteiger partial charge in [-0.05, 0) is 37.8 Å². The third-order valence-electron chi connectivity index (χ3n) is 5.15. The molecule has 0 aromatic heterocycles. The van der Waals surface area contributed by atoms with E-state index in [0.29, 0.717) is 10.5 Å². The molecular weight excluding hydrogens is 383 g/mol. The predicted molar refractivity (Wildman–Crippen MR) is 101 cm³/mol. The van der Waals surface area contributed by atoms with E-state index >= 15 is 0 Å². The van der Waals surface area contributed by atoms with E-state index < -0.39 is 42.2 Å². The summed E-state index contributed by atoms with van der Waals surface area (Å²) < 4.78 is 46.6. The minimum atomic E-state index is -4.79. The molecule has 1 fully saturated rings. The molecule has 154 valence electrons. The van der Waals surface area contributed by atoms with Gasteiger partial charge in [0.05, 0.1) is 6.04 Å². The van der Waals surface area contributed by atoms with E-state index in [-0.39, 0.29) is 6.42 Å². The first-order valence-corrected chi connectivity index (χ1v) is 9.30. The van der Waals surface area contributed by atoms with Gasteiger partial charge in [0.25, 0.3) is 0 Å². The Hall–Kier alpha value is -2.83. The van der Waals surface area contributed by atoms with Crippen LogP contribution in [-0.2, 0) is 22.4 Å². The fraction of sp³-hybridized carbons (Fsp3) is 0.364. The normalized spacial score (nSPS) is 19.7. The van der Waals surface area contributed by atoms with Crippen LogP contribution in [0.2, 0.25) is 0 Å². The minimum absolute atomic E-state index is 0.210. The maximum absolute atomic E-state index is 13.8. The van der Waals surface area contributed by atoms with Crippen LogP contribution in [-0.4, -0.2) is 34.7 Å². The van der Waals surface area contributed by atoms with Crippen LogP contribution in [0.5, 0.6) is 0 Å². The van der Waals surface area contributed by atoms with Crippen LogP contribution in [0.3, 0.4) is 0 Å². The van der Waals surface area contributed by atoms with Crippen molar-refractivity contribution in [3.05, 3.63) is 71.8 Å². The first kappa shape index (κ1) is 20.9. The van der Waals surface area contributed by atoms with Gasteiger partial charge in [-0.25, -0.2) is 9.69 Å². The molecule has 2 aromatic carbocycles. The number of amides is 2. The van der Waals surface area contributed by atoms with Crippen molar-refractivity contribution in [2.75, 3.05) is 0 Å². The van der Waals surface area contributed by atoms with Crippen LogP contribution in [0, 0.1) is 5.92 Å². The number of hydrogen-bond acceptors (Lipinski definition) is 3. The van der Waals surface area contributed by atoms with Crippen molar-refractivity contribution in [1.29, 1.82) is 0 Å². The van der Waals surface area contributed by atoms with E-state index in [1.54, 1.807) is 56.3 Å². The van der Waals surface area contributed by atoms with Crippen LogP contribution in [0.4, 0.5) is 18.0 Å². The summed E-state index contributed by atoms with van der Waals surface area (Å²) in [5, 5.41) is 0. The van der Waals surface area contributed by atoms with Gasteiger partial charge in [-0.15, -0.1) is 0 Å². The van der Waals surface area contributed by atoms with Gasteiger partial charge in [-0.3, -0.25) is 4.79 Å². The number of halogens is 3. The Morgan fingerprint density at radius 2 is 1.55 bits per heavy atom. The lowest BCUT2D eigenvalue weighted by Gasteiger charge is -2.30. The number of carbonyl (C=O) groups is 2. The second-order valence-electron chi connectivity index (χ2n) is 7.67. The number of ether oxygens (including phenoxy) is 1. The Morgan fingerprint density at radius 1 is 1.03 bits per heavy atom. The fourth-order valence-electron chi connectivity index (χ4n) is 3.56. The lowest BCUT2D eigenvalue weighted by Crippen LogP contribution is -2.51. The number of imide groups is 1. The van der Waals surface area contributed by atoms with Gasteiger partial charge >= 0.3 is 12.3 Å². The molecule has 0 spiro atoms. The van der Waals surface area contributed by atoms with E-state index in [2.05, 4.69) is 0 Å². The second kappa shape index (κ2) is 7.89. The lowest BCUT2D eigenvalue weighted by atomic mass is 9.90. The van der Waals surface area contributed by atoms with Gasteiger partial charge in [0.2, 0.25) is 5.91 Å². The SMILES string of the molecule is CC1(C)OC(=O)N(C(=O)[C@H](Cc2ccccc2)C(F)(F)F)[C@H]1Cc1ccccc1. The van der Waals surface area contributed by atoms with Crippen molar-refractivity contribution in [2.24, 2.45) is 5.92 Å². The third-order valence-corrected chi connectivity index (χ3v) is 5.15. The predicted octanol–water partition coefficient (Wildman–Crippen LogP) is 4.78. The van der Waals surface area contributed by atoms with E-state index in [1.165, 1.54) is 12.1 Å². The van der Waals surface area contributed by atoms with Crippen LogP contribution in [0.25, 0.3) is 0 Å². The van der Waals surface area contributed by atoms with Gasteiger partial charge in [0, 0.05) is 0 Å². The summed E-state index contributed by atoms with van der Waals surface area (Å²) in [7, 11) is 0. The molecule has 1 aliphatic rings. The minimum Gasteiger partial charge on any atom is -0.441 e. The highest BCUT2D eigenvalue weighted by Gasteiger charge is 2.55. The molecule has 0 saturated carbocycles. The third kappa shape index (κ3) is 4.60. The highest BCUT2D eigenvalue weighted by atomic mass is 19.4. The molecule has 0 N–H and O–H groups in total. The molecule has 29 heavy (non-hydrogen) atoms. The first-order valence-electron chi connectivity index (χ1n) is 9.30. The molecule has 2 aromatic rings. The van der Waals surface area contributed by atoms with E-state index in [4.69, 9.17) is 4.74 Å². The van der Waals surface area contributed by atoms with Gasteiger partial charge in [0.1, 0.15) is 11.5 Å². The molecule has 2 atom stereocenters. The molecule has 0 aliphatic carbocycles.